The van der Waals surface area contributed by atoms with Gasteiger partial charge in [-0.05, 0) is 42.7 Å². The molecule has 2 N–H and O–H groups in total. The molecule has 0 aliphatic rings. The van der Waals surface area contributed by atoms with Crippen LogP contribution in [0.15, 0.2) is 47.5 Å². The van der Waals surface area contributed by atoms with E-state index in [0.717, 1.165) is 19.3 Å². The number of hydrogen-bond acceptors (Lipinski definition) is 4. The lowest BCUT2D eigenvalue weighted by molar-refractivity contribution is 0.447. The summed E-state index contributed by atoms with van der Waals surface area (Å²) in [4.78, 5) is 3.81. The van der Waals surface area contributed by atoms with Gasteiger partial charge in [0, 0.05) is 6.20 Å². The molecule has 1 aromatic carbocycles. The highest BCUT2D eigenvalue weighted by atomic mass is 32.2. The Bertz CT molecular complexity index is 697. The molecular weight excluding hydrogens is 288 g/mol. The van der Waals surface area contributed by atoms with Gasteiger partial charge in [-0.2, -0.15) is 0 Å². The molecule has 0 spiro atoms. The van der Waals surface area contributed by atoms with Gasteiger partial charge in [-0.15, -0.1) is 0 Å². The number of aryl methyl sites for hydroxylation is 1. The van der Waals surface area contributed by atoms with Gasteiger partial charge in [-0.1, -0.05) is 25.5 Å². The van der Waals surface area contributed by atoms with Crippen molar-refractivity contribution in [3.63, 3.8) is 0 Å². The summed E-state index contributed by atoms with van der Waals surface area (Å²) in [5, 5.41) is 5.14. The fourth-order valence-electron chi connectivity index (χ4n) is 1.89. The average molecular weight is 306 g/mol. The van der Waals surface area contributed by atoms with E-state index in [1.54, 1.807) is 12.1 Å². The summed E-state index contributed by atoms with van der Waals surface area (Å²) >= 11 is 0. The van der Waals surface area contributed by atoms with Crippen LogP contribution in [0.3, 0.4) is 0 Å². The van der Waals surface area contributed by atoms with Gasteiger partial charge in [0.2, 0.25) is 15.9 Å². The molecule has 0 bridgehead atoms. The standard InChI is InChI=1S/C15H18N2O3S/c1-2-3-5-12-7-9-13(10-8-12)20-15-14(21(16,18)19)6-4-11-17-15/h4,6-11H,2-3,5H2,1H3,(H2,16,18,19). The van der Waals surface area contributed by atoms with Gasteiger partial charge in [0.15, 0.2) is 0 Å². The minimum atomic E-state index is -3.86. The van der Waals surface area contributed by atoms with Crippen LogP contribution in [0.5, 0.6) is 11.6 Å². The smallest absolute Gasteiger partial charge is 0.243 e. The number of sulfonamides is 1. The van der Waals surface area contributed by atoms with E-state index in [2.05, 4.69) is 11.9 Å². The minimum Gasteiger partial charge on any atom is -0.438 e. The first-order valence-electron chi connectivity index (χ1n) is 6.75. The Hall–Kier alpha value is -1.92. The van der Waals surface area contributed by atoms with Crippen molar-refractivity contribution in [2.75, 3.05) is 0 Å². The highest BCUT2D eigenvalue weighted by Gasteiger charge is 2.16. The van der Waals surface area contributed by atoms with Crippen LogP contribution < -0.4 is 9.88 Å². The Kier molecular flexibility index (Phi) is 4.93. The number of aromatic nitrogens is 1. The number of rotatable bonds is 6. The fourth-order valence-corrected chi connectivity index (χ4v) is 2.49. The van der Waals surface area contributed by atoms with Crippen LogP contribution >= 0.6 is 0 Å². The monoisotopic (exact) mass is 306 g/mol. The minimum absolute atomic E-state index is 0.0127. The predicted octanol–water partition coefficient (Wildman–Crippen LogP) is 2.86. The molecule has 0 aliphatic carbocycles. The quantitative estimate of drug-likeness (QED) is 0.889. The normalized spacial score (nSPS) is 11.3. The lowest BCUT2D eigenvalue weighted by atomic mass is 10.1. The SMILES string of the molecule is CCCCc1ccc(Oc2ncccc2S(N)(=O)=O)cc1. The van der Waals surface area contributed by atoms with Crippen LogP contribution in [0, 0.1) is 0 Å². The maximum Gasteiger partial charge on any atom is 0.243 e. The number of ether oxygens (including phenoxy) is 1. The van der Waals surface area contributed by atoms with Crippen molar-refractivity contribution < 1.29 is 13.2 Å². The number of hydrogen-bond donors (Lipinski definition) is 1. The van der Waals surface area contributed by atoms with E-state index in [4.69, 9.17) is 9.88 Å². The molecule has 2 rings (SSSR count). The van der Waals surface area contributed by atoms with Crippen molar-refractivity contribution in [1.82, 2.24) is 4.98 Å². The molecule has 1 heterocycles. The molecule has 2 aromatic rings. The number of nitrogens with zero attached hydrogens (tertiary/aromatic N) is 1. The first-order valence-corrected chi connectivity index (χ1v) is 8.30. The summed E-state index contributed by atoms with van der Waals surface area (Å²) < 4.78 is 28.5. The van der Waals surface area contributed by atoms with E-state index >= 15 is 0 Å². The molecule has 0 saturated heterocycles. The third-order valence-corrected chi connectivity index (χ3v) is 3.92. The van der Waals surface area contributed by atoms with Crippen LogP contribution in [0.1, 0.15) is 25.3 Å². The molecule has 0 fully saturated rings. The molecule has 6 heteroatoms. The second-order valence-electron chi connectivity index (χ2n) is 4.70. The van der Waals surface area contributed by atoms with E-state index < -0.39 is 10.0 Å². The van der Waals surface area contributed by atoms with Gasteiger partial charge in [0.25, 0.3) is 0 Å². The predicted molar refractivity (Wildman–Crippen MR) is 80.7 cm³/mol. The largest absolute Gasteiger partial charge is 0.438 e. The number of nitrogens with two attached hydrogens (primary N) is 1. The van der Waals surface area contributed by atoms with E-state index in [-0.39, 0.29) is 10.8 Å². The topological polar surface area (TPSA) is 82.3 Å². The lowest BCUT2D eigenvalue weighted by Gasteiger charge is -2.09. The number of unbranched alkanes of at least 4 members (excludes halogenated alkanes) is 1. The van der Waals surface area contributed by atoms with Crippen molar-refractivity contribution in [2.24, 2.45) is 5.14 Å². The zero-order valence-corrected chi connectivity index (χ0v) is 12.6. The van der Waals surface area contributed by atoms with Gasteiger partial charge in [0.05, 0.1) is 0 Å². The summed E-state index contributed by atoms with van der Waals surface area (Å²) in [6, 6.07) is 10.4. The summed E-state index contributed by atoms with van der Waals surface area (Å²) in [6.07, 6.45) is 4.75. The van der Waals surface area contributed by atoms with E-state index in [9.17, 15) is 8.42 Å². The zero-order valence-electron chi connectivity index (χ0n) is 11.8. The number of pyridine rings is 1. The molecule has 0 radical (unpaired) electrons. The highest BCUT2D eigenvalue weighted by Crippen LogP contribution is 2.25. The van der Waals surface area contributed by atoms with Crippen LogP contribution in [-0.4, -0.2) is 13.4 Å². The van der Waals surface area contributed by atoms with Crippen LogP contribution in [0.4, 0.5) is 0 Å². The zero-order chi connectivity index (χ0) is 15.3. The van der Waals surface area contributed by atoms with Gasteiger partial charge in [0.1, 0.15) is 10.6 Å². The third kappa shape index (κ3) is 4.27. The second kappa shape index (κ2) is 6.69. The Morgan fingerprint density at radius 1 is 1.19 bits per heavy atom. The highest BCUT2D eigenvalue weighted by molar-refractivity contribution is 7.89. The Morgan fingerprint density at radius 3 is 2.52 bits per heavy atom. The van der Waals surface area contributed by atoms with E-state index in [0.29, 0.717) is 5.75 Å². The fraction of sp³-hybridized carbons (Fsp3) is 0.267. The Balaban J connectivity index is 2.19. The molecule has 0 aliphatic heterocycles. The van der Waals surface area contributed by atoms with Crippen LogP contribution in [0.25, 0.3) is 0 Å². The maximum absolute atomic E-state index is 11.5. The van der Waals surface area contributed by atoms with Gasteiger partial charge < -0.3 is 4.74 Å². The van der Waals surface area contributed by atoms with Gasteiger partial charge in [-0.3, -0.25) is 0 Å². The van der Waals surface area contributed by atoms with Crippen molar-refractivity contribution >= 4 is 10.0 Å². The molecule has 5 nitrogen and oxygen atoms in total. The third-order valence-electron chi connectivity index (χ3n) is 3.00. The van der Waals surface area contributed by atoms with Crippen LogP contribution in [-0.2, 0) is 16.4 Å². The summed E-state index contributed by atoms with van der Waals surface area (Å²) in [5.74, 6) is 0.514. The summed E-state index contributed by atoms with van der Waals surface area (Å²) in [7, 11) is -3.86. The molecule has 0 saturated carbocycles. The number of benzene rings is 1. The van der Waals surface area contributed by atoms with E-state index in [1.165, 1.54) is 23.9 Å². The lowest BCUT2D eigenvalue weighted by Crippen LogP contribution is -2.13. The van der Waals surface area contributed by atoms with Crippen molar-refractivity contribution in [3.05, 3.63) is 48.2 Å². The molecule has 21 heavy (non-hydrogen) atoms. The van der Waals surface area contributed by atoms with Crippen molar-refractivity contribution in [1.29, 1.82) is 0 Å². The Morgan fingerprint density at radius 2 is 1.90 bits per heavy atom. The van der Waals surface area contributed by atoms with Crippen LogP contribution in [0.2, 0.25) is 0 Å². The first kappa shape index (κ1) is 15.5. The van der Waals surface area contributed by atoms with Crippen molar-refractivity contribution in [2.45, 2.75) is 31.1 Å². The second-order valence-corrected chi connectivity index (χ2v) is 6.23. The molecule has 0 unspecified atom stereocenters. The summed E-state index contributed by atoms with van der Waals surface area (Å²) in [6.45, 7) is 2.15. The van der Waals surface area contributed by atoms with E-state index in [1.807, 2.05) is 12.1 Å². The molecule has 1 aromatic heterocycles. The van der Waals surface area contributed by atoms with Gasteiger partial charge in [-0.25, -0.2) is 18.5 Å². The first-order chi connectivity index (χ1) is 10.0. The van der Waals surface area contributed by atoms with Crippen molar-refractivity contribution in [3.8, 4) is 11.6 Å². The molecule has 0 amide bonds. The molecular formula is C15H18N2O3S. The average Bonchev–Trinajstić information content (AvgIpc) is 2.46. The molecule has 0 atom stereocenters. The number of primary sulfonamides is 1. The van der Waals surface area contributed by atoms with Gasteiger partial charge >= 0.3 is 0 Å². The molecule has 112 valence electrons. The maximum atomic E-state index is 11.5. The summed E-state index contributed by atoms with van der Waals surface area (Å²) in [5.41, 5.74) is 1.22. The Labute approximate surface area is 124 Å².